The van der Waals surface area contributed by atoms with Crippen LogP contribution < -0.4 is 20.7 Å². The number of nitrogens with one attached hydrogen (secondary N) is 3. The van der Waals surface area contributed by atoms with Crippen molar-refractivity contribution in [1.82, 2.24) is 16.0 Å². The maximum atomic E-state index is 12.1. The summed E-state index contributed by atoms with van der Waals surface area (Å²) in [6, 6.07) is 16.1. The van der Waals surface area contributed by atoms with Gasteiger partial charge >= 0.3 is 0 Å². The largest absolute Gasteiger partial charge is 0.497 e. The van der Waals surface area contributed by atoms with Crippen LogP contribution in [0.5, 0.6) is 5.75 Å². The number of ether oxygens (including phenoxy) is 1. The van der Waals surface area contributed by atoms with Gasteiger partial charge in [-0.3, -0.25) is 9.79 Å². The molecule has 158 valence electrons. The number of halogens is 1. The molecule has 7 heteroatoms. The predicted molar refractivity (Wildman–Crippen MR) is 129 cm³/mol. The van der Waals surface area contributed by atoms with E-state index in [2.05, 4.69) is 59.1 Å². The number of rotatable bonds is 8. The molecule has 0 radical (unpaired) electrons. The van der Waals surface area contributed by atoms with Gasteiger partial charge in [0.15, 0.2) is 5.96 Å². The van der Waals surface area contributed by atoms with E-state index in [1.54, 1.807) is 14.2 Å². The van der Waals surface area contributed by atoms with Crippen LogP contribution in [-0.4, -0.2) is 39.1 Å². The van der Waals surface area contributed by atoms with Crippen molar-refractivity contribution in [1.29, 1.82) is 0 Å². The van der Waals surface area contributed by atoms with Crippen LogP contribution >= 0.6 is 24.0 Å². The van der Waals surface area contributed by atoms with Crippen LogP contribution in [0.4, 0.5) is 0 Å². The van der Waals surface area contributed by atoms with Gasteiger partial charge in [-0.05, 0) is 36.1 Å². The van der Waals surface area contributed by atoms with Gasteiger partial charge in [0.1, 0.15) is 5.75 Å². The van der Waals surface area contributed by atoms with E-state index in [4.69, 9.17) is 4.74 Å². The zero-order valence-corrected chi connectivity index (χ0v) is 19.8. The molecule has 1 amide bonds. The molecule has 2 aromatic carbocycles. The highest BCUT2D eigenvalue weighted by atomic mass is 127. The maximum absolute atomic E-state index is 12.1. The summed E-state index contributed by atoms with van der Waals surface area (Å²) in [4.78, 5) is 16.3. The van der Waals surface area contributed by atoms with Crippen molar-refractivity contribution in [3.05, 3.63) is 65.2 Å². The fourth-order valence-corrected chi connectivity index (χ4v) is 2.74. The molecule has 0 fully saturated rings. The second kappa shape index (κ2) is 13.0. The van der Waals surface area contributed by atoms with Gasteiger partial charge < -0.3 is 20.7 Å². The van der Waals surface area contributed by atoms with E-state index in [1.165, 1.54) is 11.1 Å². The van der Waals surface area contributed by atoms with Crippen molar-refractivity contribution in [2.24, 2.45) is 4.99 Å². The quantitative estimate of drug-likeness (QED) is 0.290. The summed E-state index contributed by atoms with van der Waals surface area (Å²) in [5, 5.41) is 9.21. The minimum absolute atomic E-state index is 0. The molecule has 0 aliphatic rings. The number of methoxy groups -OCH3 is 1. The van der Waals surface area contributed by atoms with E-state index < -0.39 is 0 Å². The van der Waals surface area contributed by atoms with E-state index >= 15 is 0 Å². The summed E-state index contributed by atoms with van der Waals surface area (Å²) in [7, 11) is 3.33. The fourth-order valence-electron chi connectivity index (χ4n) is 2.74. The Morgan fingerprint density at radius 1 is 1.10 bits per heavy atom. The summed E-state index contributed by atoms with van der Waals surface area (Å²) in [6.45, 7) is 5.62. The zero-order chi connectivity index (χ0) is 20.4. The van der Waals surface area contributed by atoms with Crippen LogP contribution in [0.2, 0.25) is 0 Å². The lowest BCUT2D eigenvalue weighted by Crippen LogP contribution is -2.43. The molecule has 0 spiro atoms. The first-order valence-corrected chi connectivity index (χ1v) is 9.42. The summed E-state index contributed by atoms with van der Waals surface area (Å²) < 4.78 is 5.13. The number of hydrogen-bond acceptors (Lipinski definition) is 3. The highest BCUT2D eigenvalue weighted by molar-refractivity contribution is 14.0. The summed E-state index contributed by atoms with van der Waals surface area (Å²) in [6.07, 6.45) is 0. The van der Waals surface area contributed by atoms with E-state index in [1.807, 2.05) is 24.3 Å². The molecule has 2 rings (SSSR count). The number of benzene rings is 2. The van der Waals surface area contributed by atoms with Gasteiger partial charge in [-0.25, -0.2) is 0 Å². The van der Waals surface area contributed by atoms with Crippen molar-refractivity contribution in [2.45, 2.75) is 26.3 Å². The number of aliphatic imine (C=N–C) groups is 1. The molecule has 3 N–H and O–H groups in total. The SMILES string of the molecule is CN=C(NCC(=O)NCc1ccc(OC)cc1)NCC(C)c1cccc(C)c1.I. The molecule has 0 heterocycles. The van der Waals surface area contributed by atoms with E-state index in [9.17, 15) is 4.79 Å². The van der Waals surface area contributed by atoms with Crippen molar-refractivity contribution in [2.75, 3.05) is 27.2 Å². The van der Waals surface area contributed by atoms with Crippen molar-refractivity contribution in [3.63, 3.8) is 0 Å². The number of hydrogen-bond donors (Lipinski definition) is 3. The molecular weight excluding hydrogens is 479 g/mol. The fraction of sp³-hybridized carbons (Fsp3) is 0.364. The molecule has 0 aliphatic heterocycles. The first-order valence-electron chi connectivity index (χ1n) is 9.42. The third-order valence-corrected chi connectivity index (χ3v) is 4.48. The number of amides is 1. The summed E-state index contributed by atoms with van der Waals surface area (Å²) in [5.41, 5.74) is 3.55. The Hall–Kier alpha value is -2.29. The number of carbonyl (C=O) groups is 1. The third kappa shape index (κ3) is 8.72. The Morgan fingerprint density at radius 3 is 2.45 bits per heavy atom. The molecule has 1 atom stereocenters. The number of aryl methyl sites for hydroxylation is 1. The van der Waals surface area contributed by atoms with Crippen LogP contribution in [0.15, 0.2) is 53.5 Å². The molecule has 0 saturated heterocycles. The van der Waals surface area contributed by atoms with Gasteiger partial charge in [0, 0.05) is 20.1 Å². The number of carbonyl (C=O) groups excluding carboxylic acids is 1. The average Bonchev–Trinajstić information content (AvgIpc) is 2.72. The Kier molecular flexibility index (Phi) is 11.1. The van der Waals surface area contributed by atoms with Crippen LogP contribution in [-0.2, 0) is 11.3 Å². The first-order chi connectivity index (χ1) is 13.5. The van der Waals surface area contributed by atoms with Crippen LogP contribution in [0.25, 0.3) is 0 Å². The third-order valence-electron chi connectivity index (χ3n) is 4.48. The van der Waals surface area contributed by atoms with Crippen molar-refractivity contribution < 1.29 is 9.53 Å². The molecule has 0 bridgehead atoms. The van der Waals surface area contributed by atoms with Gasteiger partial charge in [0.05, 0.1) is 13.7 Å². The molecule has 6 nitrogen and oxygen atoms in total. The summed E-state index contributed by atoms with van der Waals surface area (Å²) in [5.74, 6) is 1.65. The van der Waals surface area contributed by atoms with Gasteiger partial charge in [-0.1, -0.05) is 48.9 Å². The van der Waals surface area contributed by atoms with Crippen molar-refractivity contribution >= 4 is 35.8 Å². The van der Waals surface area contributed by atoms with Gasteiger partial charge in [0.25, 0.3) is 0 Å². The molecule has 0 aliphatic carbocycles. The minimum Gasteiger partial charge on any atom is -0.497 e. The Bertz CT molecular complexity index is 794. The van der Waals surface area contributed by atoms with Gasteiger partial charge in [-0.2, -0.15) is 0 Å². The number of nitrogens with zero attached hydrogens (tertiary/aromatic N) is 1. The van der Waals surface area contributed by atoms with E-state index in [0.717, 1.165) is 17.9 Å². The number of guanidine groups is 1. The topological polar surface area (TPSA) is 74.8 Å². The van der Waals surface area contributed by atoms with Crippen LogP contribution in [0, 0.1) is 6.92 Å². The molecule has 1 unspecified atom stereocenters. The molecule has 0 saturated carbocycles. The molecular formula is C22H31IN4O2. The second-order valence-electron chi connectivity index (χ2n) is 6.75. The summed E-state index contributed by atoms with van der Waals surface area (Å²) >= 11 is 0. The molecule has 2 aromatic rings. The normalized spacial score (nSPS) is 11.8. The lowest BCUT2D eigenvalue weighted by molar-refractivity contribution is -0.120. The molecule has 29 heavy (non-hydrogen) atoms. The predicted octanol–water partition coefficient (Wildman–Crippen LogP) is 3.21. The average molecular weight is 510 g/mol. The highest BCUT2D eigenvalue weighted by Gasteiger charge is 2.08. The van der Waals surface area contributed by atoms with Gasteiger partial charge in [-0.15, -0.1) is 24.0 Å². The van der Waals surface area contributed by atoms with E-state index in [0.29, 0.717) is 18.4 Å². The van der Waals surface area contributed by atoms with E-state index in [-0.39, 0.29) is 36.4 Å². The first kappa shape index (κ1) is 24.7. The molecule has 0 aromatic heterocycles. The zero-order valence-electron chi connectivity index (χ0n) is 17.5. The maximum Gasteiger partial charge on any atom is 0.239 e. The lowest BCUT2D eigenvalue weighted by Gasteiger charge is -2.16. The standard InChI is InChI=1S/C22H30N4O2.HI/c1-16-6-5-7-19(12-16)17(2)13-25-22(23-3)26-15-21(27)24-14-18-8-10-20(28-4)11-9-18;/h5-12,17H,13-15H2,1-4H3,(H,24,27)(H2,23,25,26);1H. The van der Waals surface area contributed by atoms with Gasteiger partial charge in [0.2, 0.25) is 5.91 Å². The Balaban J connectivity index is 0.00000420. The second-order valence-corrected chi connectivity index (χ2v) is 6.75. The highest BCUT2D eigenvalue weighted by Crippen LogP contribution is 2.15. The Morgan fingerprint density at radius 2 is 1.83 bits per heavy atom. The lowest BCUT2D eigenvalue weighted by atomic mass is 9.99. The minimum atomic E-state index is -0.0921. The smallest absolute Gasteiger partial charge is 0.239 e. The van der Waals surface area contributed by atoms with Crippen LogP contribution in [0.1, 0.15) is 29.5 Å². The Labute approximate surface area is 190 Å². The van der Waals surface area contributed by atoms with Crippen molar-refractivity contribution in [3.8, 4) is 5.75 Å². The van der Waals surface area contributed by atoms with Crippen LogP contribution in [0.3, 0.4) is 0 Å². The monoisotopic (exact) mass is 510 g/mol.